The van der Waals surface area contributed by atoms with Crippen LogP contribution < -0.4 is 11.1 Å². The predicted octanol–water partition coefficient (Wildman–Crippen LogP) is 2.01. The minimum atomic E-state index is -0.551. The van der Waals surface area contributed by atoms with Crippen LogP contribution in [0.1, 0.15) is 32.0 Å². The highest BCUT2D eigenvalue weighted by Crippen LogP contribution is 2.18. The largest absolute Gasteiger partial charge is 0.319 e. The van der Waals surface area contributed by atoms with Crippen LogP contribution >= 0.6 is 0 Å². The summed E-state index contributed by atoms with van der Waals surface area (Å²) < 4.78 is 0. The van der Waals surface area contributed by atoms with Crippen LogP contribution in [-0.4, -0.2) is 16.9 Å². The number of amides is 1. The van der Waals surface area contributed by atoms with E-state index in [1.807, 2.05) is 46.8 Å². The Balaban J connectivity index is 2.81. The average Bonchev–Trinajstić information content (AvgIpc) is 2.13. The van der Waals surface area contributed by atoms with E-state index in [9.17, 15) is 4.79 Å². The Bertz CT molecular complexity index is 401. The van der Waals surface area contributed by atoms with Crippen LogP contribution in [0.5, 0.6) is 0 Å². The van der Waals surface area contributed by atoms with Gasteiger partial charge in [0.2, 0.25) is 5.91 Å². The molecule has 94 valence electrons. The zero-order chi connectivity index (χ0) is 13.2. The first kappa shape index (κ1) is 13.6. The van der Waals surface area contributed by atoms with Crippen molar-refractivity contribution in [2.75, 3.05) is 5.32 Å². The molecule has 0 saturated carbocycles. The fourth-order valence-electron chi connectivity index (χ4n) is 1.50. The highest BCUT2D eigenvalue weighted by Gasteiger charge is 2.27. The fourth-order valence-corrected chi connectivity index (χ4v) is 1.50. The summed E-state index contributed by atoms with van der Waals surface area (Å²) in [5.74, 6) is 0.363. The highest BCUT2D eigenvalue weighted by molar-refractivity contribution is 5.94. The van der Waals surface area contributed by atoms with Crippen LogP contribution in [0.4, 0.5) is 5.82 Å². The monoisotopic (exact) mass is 235 g/mol. The van der Waals surface area contributed by atoms with Gasteiger partial charge in [0, 0.05) is 5.69 Å². The lowest BCUT2D eigenvalue weighted by Crippen LogP contribution is -2.45. The number of aryl methyl sites for hydroxylation is 2. The second-order valence-corrected chi connectivity index (χ2v) is 5.50. The topological polar surface area (TPSA) is 68.0 Å². The zero-order valence-corrected chi connectivity index (χ0v) is 11.2. The van der Waals surface area contributed by atoms with E-state index in [1.165, 1.54) is 0 Å². The van der Waals surface area contributed by atoms with Gasteiger partial charge in [-0.1, -0.05) is 20.8 Å². The summed E-state index contributed by atoms with van der Waals surface area (Å²) in [4.78, 5) is 16.2. The van der Waals surface area contributed by atoms with E-state index in [1.54, 1.807) is 0 Å². The molecule has 1 aromatic rings. The molecule has 4 heteroatoms. The fraction of sp³-hybridized carbons (Fsp3) is 0.538. The van der Waals surface area contributed by atoms with E-state index in [0.717, 1.165) is 11.3 Å². The summed E-state index contributed by atoms with van der Waals surface area (Å²) in [5, 5.41) is 2.75. The molecule has 0 aromatic carbocycles. The molecule has 0 spiro atoms. The van der Waals surface area contributed by atoms with Crippen molar-refractivity contribution >= 4 is 11.7 Å². The van der Waals surface area contributed by atoms with E-state index in [0.29, 0.717) is 5.82 Å². The second-order valence-electron chi connectivity index (χ2n) is 5.50. The molecule has 0 unspecified atom stereocenters. The van der Waals surface area contributed by atoms with Gasteiger partial charge in [-0.05, 0) is 37.0 Å². The first-order chi connectivity index (χ1) is 7.70. The number of rotatable bonds is 2. The van der Waals surface area contributed by atoms with Crippen molar-refractivity contribution in [3.05, 3.63) is 23.4 Å². The van der Waals surface area contributed by atoms with Crippen molar-refractivity contribution in [3.63, 3.8) is 0 Å². The van der Waals surface area contributed by atoms with Crippen LogP contribution in [0.25, 0.3) is 0 Å². The number of aromatic nitrogens is 1. The smallest absolute Gasteiger partial charge is 0.242 e. The molecule has 1 heterocycles. The summed E-state index contributed by atoms with van der Waals surface area (Å²) in [6, 6.07) is 3.24. The van der Waals surface area contributed by atoms with Crippen LogP contribution in [-0.2, 0) is 4.79 Å². The van der Waals surface area contributed by atoms with Crippen molar-refractivity contribution in [1.29, 1.82) is 0 Å². The Morgan fingerprint density at radius 2 is 1.94 bits per heavy atom. The minimum Gasteiger partial charge on any atom is -0.319 e. The number of hydrogen-bond acceptors (Lipinski definition) is 3. The predicted molar refractivity (Wildman–Crippen MR) is 69.8 cm³/mol. The first-order valence-corrected chi connectivity index (χ1v) is 5.72. The number of nitrogens with one attached hydrogen (secondary N) is 1. The lowest BCUT2D eigenvalue weighted by molar-refractivity contribution is -0.119. The molecular formula is C13H21N3O. The van der Waals surface area contributed by atoms with Gasteiger partial charge in [0.25, 0.3) is 0 Å². The number of carbonyl (C=O) groups is 1. The van der Waals surface area contributed by atoms with Crippen LogP contribution in [0.2, 0.25) is 0 Å². The summed E-state index contributed by atoms with van der Waals surface area (Å²) in [6.07, 6.45) is 0. The molecule has 17 heavy (non-hydrogen) atoms. The minimum absolute atomic E-state index is 0.199. The molecule has 0 saturated heterocycles. The highest BCUT2D eigenvalue weighted by atomic mass is 16.2. The number of hydrogen-bond donors (Lipinski definition) is 2. The van der Waals surface area contributed by atoms with E-state index >= 15 is 0 Å². The lowest BCUT2D eigenvalue weighted by atomic mass is 9.87. The van der Waals surface area contributed by atoms with Crippen molar-refractivity contribution in [2.45, 2.75) is 40.7 Å². The molecule has 4 nitrogen and oxygen atoms in total. The molecule has 0 aliphatic carbocycles. The maximum Gasteiger partial charge on any atom is 0.242 e. The number of nitrogens with zero attached hydrogens (tertiary/aromatic N) is 1. The lowest BCUT2D eigenvalue weighted by Gasteiger charge is -2.25. The van der Waals surface area contributed by atoms with Gasteiger partial charge in [-0.3, -0.25) is 4.79 Å². The Morgan fingerprint density at radius 1 is 1.35 bits per heavy atom. The summed E-state index contributed by atoms with van der Waals surface area (Å²) in [5.41, 5.74) is 7.56. The Kier molecular flexibility index (Phi) is 3.88. The molecule has 0 bridgehead atoms. The van der Waals surface area contributed by atoms with Crippen molar-refractivity contribution in [1.82, 2.24) is 4.98 Å². The van der Waals surface area contributed by atoms with Gasteiger partial charge in [0.1, 0.15) is 5.82 Å². The average molecular weight is 235 g/mol. The Hall–Kier alpha value is -1.42. The third-order valence-electron chi connectivity index (χ3n) is 2.56. The SMILES string of the molecule is Cc1cc(C)nc(NC(=O)[C@H](N)C(C)(C)C)c1. The van der Waals surface area contributed by atoms with Crippen LogP contribution in [0.3, 0.4) is 0 Å². The molecule has 0 radical (unpaired) electrons. The summed E-state index contributed by atoms with van der Waals surface area (Å²) in [7, 11) is 0. The molecule has 1 rings (SSSR count). The first-order valence-electron chi connectivity index (χ1n) is 5.72. The van der Waals surface area contributed by atoms with E-state index in [4.69, 9.17) is 5.73 Å². The second kappa shape index (κ2) is 4.84. The Morgan fingerprint density at radius 3 is 2.41 bits per heavy atom. The third-order valence-corrected chi connectivity index (χ3v) is 2.56. The van der Waals surface area contributed by atoms with Gasteiger partial charge in [-0.25, -0.2) is 4.98 Å². The van der Waals surface area contributed by atoms with Gasteiger partial charge < -0.3 is 11.1 Å². The van der Waals surface area contributed by atoms with Crippen molar-refractivity contribution in [3.8, 4) is 0 Å². The normalized spacial score (nSPS) is 13.3. The number of carbonyl (C=O) groups excluding carboxylic acids is 1. The summed E-state index contributed by atoms with van der Waals surface area (Å²) >= 11 is 0. The number of pyridine rings is 1. The quantitative estimate of drug-likeness (QED) is 0.824. The van der Waals surface area contributed by atoms with Crippen LogP contribution in [0, 0.1) is 19.3 Å². The number of anilines is 1. The summed E-state index contributed by atoms with van der Waals surface area (Å²) in [6.45, 7) is 9.67. The van der Waals surface area contributed by atoms with Gasteiger partial charge >= 0.3 is 0 Å². The van der Waals surface area contributed by atoms with Gasteiger partial charge in [-0.2, -0.15) is 0 Å². The number of nitrogens with two attached hydrogens (primary N) is 1. The molecule has 0 aliphatic heterocycles. The van der Waals surface area contributed by atoms with Gasteiger partial charge in [0.15, 0.2) is 0 Å². The van der Waals surface area contributed by atoms with Crippen molar-refractivity contribution in [2.24, 2.45) is 11.1 Å². The maximum absolute atomic E-state index is 11.9. The molecule has 1 aromatic heterocycles. The molecule has 1 atom stereocenters. The van der Waals surface area contributed by atoms with E-state index in [2.05, 4.69) is 10.3 Å². The molecule has 1 amide bonds. The van der Waals surface area contributed by atoms with Gasteiger partial charge in [0.05, 0.1) is 6.04 Å². The van der Waals surface area contributed by atoms with Crippen molar-refractivity contribution < 1.29 is 4.79 Å². The standard InChI is InChI=1S/C13H21N3O/c1-8-6-9(2)15-10(7-8)16-12(17)11(14)13(3,4)5/h6-7,11H,14H2,1-5H3,(H,15,16,17)/t11-/m0/s1. The van der Waals surface area contributed by atoms with E-state index in [-0.39, 0.29) is 11.3 Å². The Labute approximate surface area is 103 Å². The maximum atomic E-state index is 11.9. The van der Waals surface area contributed by atoms with Gasteiger partial charge in [-0.15, -0.1) is 0 Å². The van der Waals surface area contributed by atoms with E-state index < -0.39 is 6.04 Å². The zero-order valence-electron chi connectivity index (χ0n) is 11.2. The molecular weight excluding hydrogens is 214 g/mol. The third kappa shape index (κ3) is 3.82. The van der Waals surface area contributed by atoms with Crippen LogP contribution in [0.15, 0.2) is 12.1 Å². The molecule has 3 N–H and O–H groups in total. The molecule has 0 fully saturated rings. The molecule has 0 aliphatic rings.